The summed E-state index contributed by atoms with van der Waals surface area (Å²) in [5, 5.41) is 4.41. The van der Waals surface area contributed by atoms with Gasteiger partial charge in [-0.3, -0.25) is 14.6 Å². The van der Waals surface area contributed by atoms with Crippen molar-refractivity contribution in [2.45, 2.75) is 37.8 Å². The van der Waals surface area contributed by atoms with Gasteiger partial charge in [0.15, 0.2) is 5.54 Å². The smallest absolute Gasteiger partial charge is 0.252 e. The molecule has 0 radical (unpaired) electrons. The van der Waals surface area contributed by atoms with E-state index in [0.717, 1.165) is 29.2 Å². The van der Waals surface area contributed by atoms with E-state index in [1.807, 2.05) is 78.9 Å². The summed E-state index contributed by atoms with van der Waals surface area (Å²) in [7, 11) is 1.77. The lowest BCUT2D eigenvalue weighted by molar-refractivity contribution is -0.134. The minimum absolute atomic E-state index is 0.0806. The Labute approximate surface area is 277 Å². The summed E-state index contributed by atoms with van der Waals surface area (Å²) in [6.07, 6.45) is 3.89. The fourth-order valence-corrected chi connectivity index (χ4v) is 5.06. The van der Waals surface area contributed by atoms with E-state index in [-0.39, 0.29) is 18.2 Å². The maximum Gasteiger partial charge on any atom is 0.252 e. The largest absolute Gasteiger partial charge is 0.489 e. The molecule has 1 heterocycles. The van der Waals surface area contributed by atoms with Gasteiger partial charge in [0.1, 0.15) is 12.4 Å². The van der Waals surface area contributed by atoms with Crippen LogP contribution >= 0.6 is 0 Å². The summed E-state index contributed by atoms with van der Waals surface area (Å²) < 4.78 is 22.6. The van der Waals surface area contributed by atoms with Gasteiger partial charge in [-0.15, -0.1) is 0 Å². The van der Waals surface area contributed by atoms with Crippen LogP contribution < -0.4 is 26.4 Å². The summed E-state index contributed by atoms with van der Waals surface area (Å²) in [5.74, 6) is 0.197. The topological polar surface area (TPSA) is 125 Å². The maximum absolute atomic E-state index is 13.8. The van der Waals surface area contributed by atoms with Crippen molar-refractivity contribution in [3.8, 4) is 5.75 Å². The van der Waals surface area contributed by atoms with Crippen molar-refractivity contribution in [3.05, 3.63) is 101 Å². The number of ether oxygens (including phenoxy) is 4. The number of fused-ring (bicyclic) bond motifs is 1. The van der Waals surface area contributed by atoms with Gasteiger partial charge in [-0.25, -0.2) is 0 Å². The fourth-order valence-electron chi connectivity index (χ4n) is 5.06. The normalized spacial score (nSPS) is 14.9. The van der Waals surface area contributed by atoms with Crippen LogP contribution in [0.15, 0.2) is 83.9 Å². The summed E-state index contributed by atoms with van der Waals surface area (Å²) in [5.41, 5.74) is 6.28. The highest BCUT2D eigenvalue weighted by Gasteiger charge is 2.40. The van der Waals surface area contributed by atoms with Gasteiger partial charge < -0.3 is 34.9 Å². The number of likely N-dealkylation sites (N-methyl/N-ethyl adjacent to an activating group) is 1. The highest BCUT2D eigenvalue weighted by Crippen LogP contribution is 2.23. The van der Waals surface area contributed by atoms with Crippen LogP contribution in [0.1, 0.15) is 30.4 Å². The molecular weight excluding hydrogens is 596 g/mol. The van der Waals surface area contributed by atoms with Gasteiger partial charge >= 0.3 is 0 Å². The van der Waals surface area contributed by atoms with Gasteiger partial charge in [0.2, 0.25) is 5.91 Å². The Kier molecular flexibility index (Phi) is 14.9. The first-order chi connectivity index (χ1) is 23.0. The third-order valence-electron chi connectivity index (χ3n) is 7.77. The number of amides is 2. The van der Waals surface area contributed by atoms with Gasteiger partial charge in [0.25, 0.3) is 5.91 Å². The Morgan fingerprint density at radius 3 is 2.15 bits per heavy atom. The van der Waals surface area contributed by atoms with Gasteiger partial charge in [0.05, 0.1) is 38.2 Å². The van der Waals surface area contributed by atoms with E-state index >= 15 is 0 Å². The zero-order valence-corrected chi connectivity index (χ0v) is 27.4. The van der Waals surface area contributed by atoms with E-state index in [2.05, 4.69) is 5.32 Å². The molecule has 3 aromatic rings. The first-order valence-corrected chi connectivity index (χ1v) is 16.4. The van der Waals surface area contributed by atoms with E-state index < -0.39 is 5.54 Å². The zero-order chi connectivity index (χ0) is 33.2. The van der Waals surface area contributed by atoms with Gasteiger partial charge in [-0.2, -0.15) is 0 Å². The Morgan fingerprint density at radius 1 is 0.830 bits per heavy atom. The highest BCUT2D eigenvalue weighted by molar-refractivity contribution is 5.98. The average Bonchev–Trinajstić information content (AvgIpc) is 3.47. The average molecular weight is 645 g/mol. The molecule has 0 saturated carbocycles. The molecular formula is C37H48N4O6. The molecule has 10 heteroatoms. The third kappa shape index (κ3) is 11.9. The monoisotopic (exact) mass is 644 g/mol. The number of benzene rings is 3. The Hall–Kier alpha value is -4.09. The van der Waals surface area contributed by atoms with Crippen LogP contribution in [0, 0.1) is 0 Å². The summed E-state index contributed by atoms with van der Waals surface area (Å²) >= 11 is 0. The minimum atomic E-state index is -1.36. The molecule has 2 amide bonds. The van der Waals surface area contributed by atoms with Crippen molar-refractivity contribution in [1.29, 1.82) is 0 Å². The molecule has 252 valence electrons. The number of carbonyl (C=O) groups is 2. The molecule has 3 aromatic carbocycles. The predicted molar refractivity (Wildman–Crippen MR) is 181 cm³/mol. The Bertz CT molecular complexity index is 1500. The number of hydrogen-bond donors (Lipinski definition) is 2. The van der Waals surface area contributed by atoms with Crippen LogP contribution in [0.5, 0.6) is 5.75 Å². The molecule has 0 bridgehead atoms. The van der Waals surface area contributed by atoms with Crippen molar-refractivity contribution in [2.75, 3.05) is 66.3 Å². The molecule has 1 unspecified atom stereocenters. The number of carbonyl (C=O) groups excluding carboxylic acids is 2. The minimum Gasteiger partial charge on any atom is -0.489 e. The summed E-state index contributed by atoms with van der Waals surface area (Å²) in [4.78, 5) is 33.7. The lowest BCUT2D eigenvalue weighted by Crippen LogP contribution is -2.47. The van der Waals surface area contributed by atoms with Crippen molar-refractivity contribution in [1.82, 2.24) is 10.2 Å². The number of hydrogen-bond acceptors (Lipinski definition) is 8. The number of rotatable bonds is 22. The lowest BCUT2D eigenvalue weighted by Gasteiger charge is -2.26. The van der Waals surface area contributed by atoms with Crippen molar-refractivity contribution in [2.24, 2.45) is 10.7 Å². The molecule has 0 aromatic heterocycles. The van der Waals surface area contributed by atoms with Gasteiger partial charge in [0, 0.05) is 38.6 Å². The van der Waals surface area contributed by atoms with Crippen LogP contribution in [0.2, 0.25) is 0 Å². The fraction of sp³-hybridized carbons (Fsp3) is 0.432. The maximum atomic E-state index is 13.8. The third-order valence-corrected chi connectivity index (χ3v) is 7.77. The molecule has 4 rings (SSSR count). The van der Waals surface area contributed by atoms with E-state index in [1.54, 1.807) is 18.0 Å². The Balaban J connectivity index is 1.32. The van der Waals surface area contributed by atoms with Crippen molar-refractivity contribution < 1.29 is 28.5 Å². The van der Waals surface area contributed by atoms with Crippen LogP contribution in [0.4, 0.5) is 0 Å². The van der Waals surface area contributed by atoms with Gasteiger partial charge in [-0.1, -0.05) is 60.7 Å². The number of nitrogens with one attached hydrogen (secondary N) is 1. The van der Waals surface area contributed by atoms with E-state index in [1.165, 1.54) is 0 Å². The lowest BCUT2D eigenvalue weighted by atomic mass is 9.93. The molecule has 1 atom stereocenters. The second kappa shape index (κ2) is 19.5. The Morgan fingerprint density at radius 2 is 1.47 bits per heavy atom. The quantitative estimate of drug-likeness (QED) is 0.161. The van der Waals surface area contributed by atoms with Gasteiger partial charge in [-0.05, 0) is 61.2 Å². The summed E-state index contributed by atoms with van der Waals surface area (Å²) in [6, 6.07) is 25.5. The van der Waals surface area contributed by atoms with Crippen LogP contribution in [0.25, 0.3) is 6.08 Å². The molecule has 1 aliphatic rings. The number of nitrogens with two attached hydrogens (primary N) is 1. The molecule has 3 N–H and O–H groups in total. The molecule has 0 spiro atoms. The van der Waals surface area contributed by atoms with E-state index in [9.17, 15) is 9.59 Å². The second-order valence-electron chi connectivity index (χ2n) is 11.5. The first-order valence-electron chi connectivity index (χ1n) is 16.4. The SMILES string of the molecule is CN(CCc1ccccc1)C(=O)CC1(C(=O)NCCCOCCOCCOCCCN)C=c2cc(OCc3ccccc3)ccc2=N1. The van der Waals surface area contributed by atoms with Crippen LogP contribution in [-0.4, -0.2) is 88.6 Å². The van der Waals surface area contributed by atoms with Crippen LogP contribution in [-0.2, 0) is 36.8 Å². The molecule has 1 aliphatic heterocycles. The van der Waals surface area contributed by atoms with Crippen LogP contribution in [0.3, 0.4) is 0 Å². The van der Waals surface area contributed by atoms with E-state index in [4.69, 9.17) is 29.7 Å². The van der Waals surface area contributed by atoms with Crippen molar-refractivity contribution >= 4 is 17.9 Å². The summed E-state index contributed by atoms with van der Waals surface area (Å²) in [6.45, 7) is 5.04. The first kappa shape index (κ1) is 35.8. The number of nitrogens with zero attached hydrogens (tertiary/aromatic N) is 2. The zero-order valence-electron chi connectivity index (χ0n) is 27.4. The molecule has 0 fully saturated rings. The highest BCUT2D eigenvalue weighted by atomic mass is 16.5. The molecule has 47 heavy (non-hydrogen) atoms. The molecule has 0 aliphatic carbocycles. The van der Waals surface area contributed by atoms with E-state index in [0.29, 0.717) is 83.4 Å². The predicted octanol–water partition coefficient (Wildman–Crippen LogP) is 2.41. The standard InChI is InChI=1S/C37H48N4O6/c1-41(19-16-30-10-4-2-5-11-30)35(42)28-37(36(43)39-18-9-21-45-23-25-46-24-22-44-20-8-17-38)27-32-26-33(14-15-34(32)40-37)47-29-31-12-6-3-7-13-31/h2-7,10-15,26-27H,8-9,16-25,28-29,38H2,1H3,(H,39,43). The molecule has 0 saturated heterocycles. The molecule has 10 nitrogen and oxygen atoms in total. The second-order valence-corrected chi connectivity index (χ2v) is 11.5. The van der Waals surface area contributed by atoms with Crippen molar-refractivity contribution in [3.63, 3.8) is 0 Å².